The summed E-state index contributed by atoms with van der Waals surface area (Å²) in [6, 6.07) is 22.1. The second-order valence-electron chi connectivity index (χ2n) is 8.19. The minimum Gasteiger partial charge on any atom is -0.505 e. The molecule has 0 aliphatic carbocycles. The van der Waals surface area contributed by atoms with E-state index in [-0.39, 0.29) is 17.2 Å². The highest BCUT2D eigenvalue weighted by molar-refractivity contribution is 5.84. The van der Waals surface area contributed by atoms with Crippen LogP contribution < -0.4 is 9.64 Å². The molecule has 4 rings (SSSR count). The van der Waals surface area contributed by atoms with Gasteiger partial charge in [-0.3, -0.25) is 0 Å². The summed E-state index contributed by atoms with van der Waals surface area (Å²) in [6.45, 7) is 7.37. The SMILES string of the molecule is Cc1cccc(N(c2ccc(Oc3c(C)ccc(C)c3O)cc2)c2cccc(C)c2O)c1O. The zero-order valence-corrected chi connectivity index (χ0v) is 19.1. The molecule has 3 N–H and O–H groups in total. The first-order valence-corrected chi connectivity index (χ1v) is 10.7. The van der Waals surface area contributed by atoms with Gasteiger partial charge in [0.2, 0.25) is 0 Å². The summed E-state index contributed by atoms with van der Waals surface area (Å²) in [6.07, 6.45) is 0. The number of rotatable bonds is 5. The molecule has 0 atom stereocenters. The lowest BCUT2D eigenvalue weighted by Gasteiger charge is -2.28. The van der Waals surface area contributed by atoms with Gasteiger partial charge in [0.15, 0.2) is 11.5 Å². The summed E-state index contributed by atoms with van der Waals surface area (Å²) in [4.78, 5) is 1.81. The van der Waals surface area contributed by atoms with Crippen LogP contribution in [0.3, 0.4) is 0 Å². The van der Waals surface area contributed by atoms with Crippen LogP contribution in [-0.4, -0.2) is 15.3 Å². The molecule has 0 aliphatic rings. The van der Waals surface area contributed by atoms with Gasteiger partial charge < -0.3 is 25.0 Å². The van der Waals surface area contributed by atoms with Crippen LogP contribution in [0, 0.1) is 27.7 Å². The number of aromatic hydroxyl groups is 3. The molecule has 0 aromatic heterocycles. The van der Waals surface area contributed by atoms with Crippen molar-refractivity contribution in [3.8, 4) is 28.7 Å². The summed E-state index contributed by atoms with van der Waals surface area (Å²) in [5.41, 5.74) is 4.87. The summed E-state index contributed by atoms with van der Waals surface area (Å²) in [5.74, 6) is 1.38. The fourth-order valence-corrected chi connectivity index (χ4v) is 3.74. The van der Waals surface area contributed by atoms with Gasteiger partial charge in [0.25, 0.3) is 0 Å². The zero-order valence-electron chi connectivity index (χ0n) is 19.1. The van der Waals surface area contributed by atoms with Crippen LogP contribution in [0.5, 0.6) is 28.7 Å². The predicted molar refractivity (Wildman–Crippen MR) is 132 cm³/mol. The van der Waals surface area contributed by atoms with E-state index in [1.54, 1.807) is 12.1 Å². The number of phenolic OH excluding ortho intramolecular Hbond substituents is 3. The molecule has 168 valence electrons. The van der Waals surface area contributed by atoms with Crippen LogP contribution >= 0.6 is 0 Å². The Bertz CT molecular complexity index is 1260. The molecule has 4 aromatic rings. The van der Waals surface area contributed by atoms with E-state index < -0.39 is 0 Å². The molecule has 5 nitrogen and oxygen atoms in total. The number of benzene rings is 4. The number of aryl methyl sites for hydroxylation is 4. The first kappa shape index (κ1) is 22.1. The largest absolute Gasteiger partial charge is 0.505 e. The van der Waals surface area contributed by atoms with E-state index in [0.29, 0.717) is 22.9 Å². The molecule has 0 spiro atoms. The Kier molecular flexibility index (Phi) is 5.88. The van der Waals surface area contributed by atoms with Crippen molar-refractivity contribution in [3.63, 3.8) is 0 Å². The second kappa shape index (κ2) is 8.79. The van der Waals surface area contributed by atoms with Crippen molar-refractivity contribution in [3.05, 3.63) is 95.1 Å². The molecule has 33 heavy (non-hydrogen) atoms. The van der Waals surface area contributed by atoms with Crippen LogP contribution in [0.25, 0.3) is 0 Å². The van der Waals surface area contributed by atoms with E-state index in [0.717, 1.165) is 27.9 Å². The van der Waals surface area contributed by atoms with Crippen molar-refractivity contribution in [1.82, 2.24) is 0 Å². The Labute approximate surface area is 193 Å². The van der Waals surface area contributed by atoms with E-state index in [1.807, 2.05) is 93.3 Å². The normalized spacial score (nSPS) is 10.8. The van der Waals surface area contributed by atoms with Gasteiger partial charge >= 0.3 is 0 Å². The van der Waals surface area contributed by atoms with Gasteiger partial charge in [0.05, 0.1) is 11.4 Å². The number of hydrogen-bond donors (Lipinski definition) is 3. The Morgan fingerprint density at radius 3 is 1.58 bits per heavy atom. The monoisotopic (exact) mass is 441 g/mol. The highest BCUT2D eigenvalue weighted by atomic mass is 16.5. The highest BCUT2D eigenvalue weighted by Gasteiger charge is 2.21. The highest BCUT2D eigenvalue weighted by Crippen LogP contribution is 2.45. The Morgan fingerprint density at radius 2 is 1.03 bits per heavy atom. The first-order chi connectivity index (χ1) is 15.8. The van der Waals surface area contributed by atoms with E-state index in [4.69, 9.17) is 4.74 Å². The van der Waals surface area contributed by atoms with Crippen molar-refractivity contribution < 1.29 is 20.1 Å². The maximum absolute atomic E-state index is 10.8. The molecule has 0 bridgehead atoms. The van der Waals surface area contributed by atoms with Crippen LogP contribution in [0.1, 0.15) is 22.3 Å². The molecule has 5 heteroatoms. The number of ether oxygens (including phenoxy) is 1. The topological polar surface area (TPSA) is 73.2 Å². The van der Waals surface area contributed by atoms with E-state index in [2.05, 4.69) is 0 Å². The van der Waals surface area contributed by atoms with Gasteiger partial charge in [-0.25, -0.2) is 0 Å². The van der Waals surface area contributed by atoms with Crippen LogP contribution in [-0.2, 0) is 0 Å². The Hall–Kier alpha value is -4.12. The Balaban J connectivity index is 1.78. The molecule has 0 radical (unpaired) electrons. The van der Waals surface area contributed by atoms with E-state index >= 15 is 0 Å². The zero-order chi connectivity index (χ0) is 23.7. The smallest absolute Gasteiger partial charge is 0.172 e. The lowest BCUT2D eigenvalue weighted by Crippen LogP contribution is -2.11. The number of anilines is 3. The standard InChI is InChI=1S/C28H27NO4/c1-17-7-5-9-23(25(17)30)29(24-10-6-8-18(2)26(24)31)21-13-15-22(16-14-21)33-28-20(4)12-11-19(3)27(28)32/h5-16,30-32H,1-4H3. The van der Waals surface area contributed by atoms with Gasteiger partial charge in [-0.2, -0.15) is 0 Å². The summed E-state index contributed by atoms with van der Waals surface area (Å²) in [7, 11) is 0. The molecule has 0 heterocycles. The third-order valence-corrected chi connectivity index (χ3v) is 5.76. The summed E-state index contributed by atoms with van der Waals surface area (Å²) >= 11 is 0. The third-order valence-electron chi connectivity index (χ3n) is 5.76. The molecule has 0 fully saturated rings. The molecule has 0 saturated carbocycles. The predicted octanol–water partition coefficient (Wildman–Crippen LogP) is 7.30. The van der Waals surface area contributed by atoms with Crippen LogP contribution in [0.4, 0.5) is 17.1 Å². The maximum Gasteiger partial charge on any atom is 0.172 e. The Morgan fingerprint density at radius 1 is 0.545 bits per heavy atom. The summed E-state index contributed by atoms with van der Waals surface area (Å²) in [5, 5.41) is 32.0. The van der Waals surface area contributed by atoms with Crippen LogP contribution in [0.15, 0.2) is 72.8 Å². The average molecular weight is 442 g/mol. The van der Waals surface area contributed by atoms with Crippen molar-refractivity contribution >= 4 is 17.1 Å². The molecule has 0 amide bonds. The van der Waals surface area contributed by atoms with E-state index in [1.165, 1.54) is 0 Å². The average Bonchev–Trinajstić information content (AvgIpc) is 2.80. The molecule has 0 saturated heterocycles. The van der Waals surface area contributed by atoms with Gasteiger partial charge in [-0.1, -0.05) is 36.4 Å². The van der Waals surface area contributed by atoms with Gasteiger partial charge in [-0.15, -0.1) is 0 Å². The van der Waals surface area contributed by atoms with Gasteiger partial charge in [-0.05, 0) is 86.3 Å². The third kappa shape index (κ3) is 4.17. The number of nitrogens with zero attached hydrogens (tertiary/aromatic N) is 1. The van der Waals surface area contributed by atoms with Crippen molar-refractivity contribution in [2.24, 2.45) is 0 Å². The second-order valence-corrected chi connectivity index (χ2v) is 8.19. The lowest BCUT2D eigenvalue weighted by atomic mass is 10.1. The van der Waals surface area contributed by atoms with E-state index in [9.17, 15) is 15.3 Å². The number of phenols is 3. The maximum atomic E-state index is 10.8. The molecular formula is C28H27NO4. The number of hydrogen-bond acceptors (Lipinski definition) is 5. The van der Waals surface area contributed by atoms with Crippen molar-refractivity contribution in [2.45, 2.75) is 27.7 Å². The van der Waals surface area contributed by atoms with Gasteiger partial charge in [0.1, 0.15) is 17.2 Å². The fraction of sp³-hybridized carbons (Fsp3) is 0.143. The molecule has 0 unspecified atom stereocenters. The first-order valence-electron chi connectivity index (χ1n) is 10.7. The minimum atomic E-state index is 0.120. The quantitative estimate of drug-likeness (QED) is 0.303. The fourth-order valence-electron chi connectivity index (χ4n) is 3.74. The molecule has 0 aliphatic heterocycles. The number of para-hydroxylation sites is 2. The van der Waals surface area contributed by atoms with Crippen molar-refractivity contribution in [1.29, 1.82) is 0 Å². The van der Waals surface area contributed by atoms with Gasteiger partial charge in [0, 0.05) is 5.69 Å². The molecule has 4 aromatic carbocycles. The minimum absolute atomic E-state index is 0.120. The van der Waals surface area contributed by atoms with Crippen LogP contribution in [0.2, 0.25) is 0 Å². The summed E-state index contributed by atoms with van der Waals surface area (Å²) < 4.78 is 5.99. The lowest BCUT2D eigenvalue weighted by molar-refractivity contribution is 0.406. The molecular weight excluding hydrogens is 414 g/mol. The van der Waals surface area contributed by atoms with Crippen molar-refractivity contribution in [2.75, 3.05) is 4.90 Å².